The van der Waals surface area contributed by atoms with Gasteiger partial charge in [0.1, 0.15) is 22.9 Å². The molecule has 0 radical (unpaired) electrons. The van der Waals surface area contributed by atoms with Crippen LogP contribution in [0, 0.1) is 12.3 Å². The molecule has 3 fully saturated rings. The number of nitrogens with zero attached hydrogens (tertiary/aromatic N) is 7. The quantitative estimate of drug-likeness (QED) is 0.0545. The summed E-state index contributed by atoms with van der Waals surface area (Å²) in [5.74, 6) is -0.0895. The van der Waals surface area contributed by atoms with E-state index in [1.807, 2.05) is 80.6 Å². The zero-order valence-electron chi connectivity index (χ0n) is 45.4. The monoisotopic (exact) mass is 1130 g/mol. The molecular weight excluding hydrogens is 1050 g/mol. The molecule has 2 aromatic heterocycles. The standard InChI is InChI=1S/C56H72ClN11O8S2/c1-35(2)78(74,75)47-12-9-8-11-44(47)61-52-42(57)32-59-55(64-52)62-43-20-19-40(29-46(43)76-7)65-23-21-39(22-24-65)66-25-27-67(28-26-66)49(71)14-10-13-48(70)63-51(56(4,5)6)54(73)68-33-41(69)30-45(68)53(72)58-31-37-15-17-38(18-16-37)50-36(3)60-34-77-50/h8-9,11-12,15-20,29,32,34-35,39,41,45,51,69H,10,13-14,21-28,30-31,33H2,1-7H3,(H,58,72)(H,63,70)(H2,59,61,62,64)/t41-,45+,51-/m1/s1. The number of aliphatic hydroxyl groups excluding tert-OH is 1. The van der Waals surface area contributed by atoms with E-state index >= 15 is 0 Å². The Morgan fingerprint density at radius 3 is 2.29 bits per heavy atom. The largest absolute Gasteiger partial charge is 0.494 e. The predicted molar refractivity (Wildman–Crippen MR) is 304 cm³/mol. The minimum atomic E-state index is -3.59. The normalized spacial score (nSPS) is 17.9. The van der Waals surface area contributed by atoms with E-state index in [0.717, 1.165) is 66.4 Å². The number of para-hydroxylation sites is 1. The van der Waals surface area contributed by atoms with E-state index in [-0.39, 0.29) is 71.8 Å². The number of carbonyl (C=O) groups excluding carboxylic acids is 4. The number of carbonyl (C=O) groups is 4. The molecular formula is C56H72ClN11O8S2. The number of nitrogens with one attached hydrogen (secondary N) is 4. The van der Waals surface area contributed by atoms with E-state index in [1.54, 1.807) is 56.6 Å². The molecule has 3 saturated heterocycles. The molecule has 5 heterocycles. The third kappa shape index (κ3) is 13.9. The first-order chi connectivity index (χ1) is 37.2. The van der Waals surface area contributed by atoms with Gasteiger partial charge in [0.05, 0.1) is 57.0 Å². The number of thiazole rings is 1. The number of hydrogen-bond acceptors (Lipinski definition) is 16. The van der Waals surface area contributed by atoms with Crippen LogP contribution in [-0.2, 0) is 35.6 Å². The Labute approximate surface area is 466 Å². The van der Waals surface area contributed by atoms with Crippen LogP contribution >= 0.6 is 22.9 Å². The minimum Gasteiger partial charge on any atom is -0.494 e. The minimum absolute atomic E-state index is 0.00130. The number of methoxy groups -OCH3 is 1. The third-order valence-electron chi connectivity index (χ3n) is 14.8. The van der Waals surface area contributed by atoms with Crippen molar-refractivity contribution >= 4 is 85.2 Å². The Kier molecular flexibility index (Phi) is 18.6. The molecule has 8 rings (SSSR count). The van der Waals surface area contributed by atoms with E-state index in [0.29, 0.717) is 42.7 Å². The molecule has 3 aromatic carbocycles. The number of rotatable bonds is 19. The molecule has 3 aliphatic heterocycles. The fourth-order valence-corrected chi connectivity index (χ4v) is 12.4. The second kappa shape index (κ2) is 25.2. The van der Waals surface area contributed by atoms with E-state index in [2.05, 4.69) is 46.0 Å². The Bertz CT molecular complexity index is 3050. The summed E-state index contributed by atoms with van der Waals surface area (Å²) in [4.78, 5) is 77.1. The molecule has 22 heteroatoms. The van der Waals surface area contributed by atoms with Gasteiger partial charge in [0, 0.05) is 89.4 Å². The number of aliphatic hydroxyl groups is 1. The van der Waals surface area contributed by atoms with Crippen LogP contribution in [0.4, 0.5) is 28.8 Å². The van der Waals surface area contributed by atoms with Crippen molar-refractivity contribution in [2.45, 2.75) is 121 Å². The first-order valence-corrected chi connectivity index (χ1v) is 29.4. The number of hydrogen-bond donors (Lipinski definition) is 5. The maximum atomic E-state index is 14.1. The molecule has 4 amide bonds. The average Bonchev–Trinajstić information content (AvgIpc) is 4.06. The lowest BCUT2D eigenvalue weighted by Crippen LogP contribution is -2.57. The Balaban J connectivity index is 0.763. The van der Waals surface area contributed by atoms with E-state index in [9.17, 15) is 32.7 Å². The third-order valence-corrected chi connectivity index (χ3v) is 18.2. The van der Waals surface area contributed by atoms with E-state index < -0.39 is 44.6 Å². The second-order valence-corrected chi connectivity index (χ2v) is 25.3. The maximum Gasteiger partial charge on any atom is 0.246 e. The van der Waals surface area contributed by atoms with Crippen molar-refractivity contribution in [2.75, 3.05) is 68.5 Å². The molecule has 0 unspecified atom stereocenters. The summed E-state index contributed by atoms with van der Waals surface area (Å²) in [5, 5.41) is 22.4. The number of ether oxygens (including phenoxy) is 1. The number of anilines is 5. The molecule has 5 N–H and O–H groups in total. The van der Waals surface area contributed by atoms with Crippen molar-refractivity contribution in [3.63, 3.8) is 0 Å². The molecule has 0 aliphatic carbocycles. The van der Waals surface area contributed by atoms with Crippen molar-refractivity contribution in [2.24, 2.45) is 5.41 Å². The molecule has 3 atom stereocenters. The lowest BCUT2D eigenvalue weighted by atomic mass is 9.85. The summed E-state index contributed by atoms with van der Waals surface area (Å²) >= 11 is 8.05. The van der Waals surface area contributed by atoms with Crippen molar-refractivity contribution in [3.05, 3.63) is 94.7 Å². The number of aryl methyl sites for hydroxylation is 1. The first-order valence-electron chi connectivity index (χ1n) is 26.6. The van der Waals surface area contributed by atoms with Gasteiger partial charge >= 0.3 is 0 Å². The van der Waals surface area contributed by atoms with Gasteiger partial charge in [-0.25, -0.2) is 18.4 Å². The lowest BCUT2D eigenvalue weighted by molar-refractivity contribution is -0.144. The lowest BCUT2D eigenvalue weighted by Gasteiger charge is -2.43. The van der Waals surface area contributed by atoms with E-state index in [1.165, 1.54) is 11.1 Å². The number of amides is 4. The highest BCUT2D eigenvalue weighted by molar-refractivity contribution is 7.92. The summed E-state index contributed by atoms with van der Waals surface area (Å²) < 4.78 is 31.9. The van der Waals surface area contributed by atoms with Crippen molar-refractivity contribution < 1.29 is 37.4 Å². The number of β-amino-alcohol motifs (C(OH)–C–C–N with tert-alkyl or cyclic N) is 1. The molecule has 0 saturated carbocycles. The van der Waals surface area contributed by atoms with Gasteiger partial charge < -0.3 is 45.8 Å². The Hall–Kier alpha value is -6.39. The number of likely N-dealkylation sites (tertiary alicyclic amines) is 1. The van der Waals surface area contributed by atoms with Crippen LogP contribution in [0.5, 0.6) is 5.75 Å². The summed E-state index contributed by atoms with van der Waals surface area (Å²) in [6.45, 7) is 15.4. The van der Waals surface area contributed by atoms with Gasteiger partial charge in [0.25, 0.3) is 0 Å². The van der Waals surface area contributed by atoms with Gasteiger partial charge in [-0.3, -0.25) is 24.1 Å². The molecule has 418 valence electrons. The highest BCUT2D eigenvalue weighted by atomic mass is 35.5. The molecule has 0 bridgehead atoms. The smallest absolute Gasteiger partial charge is 0.246 e. The second-order valence-electron chi connectivity index (χ2n) is 21.5. The topological polar surface area (TPSA) is 232 Å². The van der Waals surface area contributed by atoms with Gasteiger partial charge in [0.15, 0.2) is 15.7 Å². The average molecular weight is 1130 g/mol. The van der Waals surface area contributed by atoms with Gasteiger partial charge in [-0.1, -0.05) is 68.8 Å². The van der Waals surface area contributed by atoms with Gasteiger partial charge in [0.2, 0.25) is 29.6 Å². The SMILES string of the molecule is COc1cc(N2CCC(N3CCN(C(=O)CCCC(=O)N[C@H](C(=O)N4C[C@H](O)C[C@H]4C(=O)NCc4ccc(-c5scnc5C)cc4)C(C)(C)C)CC3)CC2)ccc1Nc1ncc(Cl)c(Nc2ccccc2S(=O)(=O)C(C)C)n1. The van der Waals surface area contributed by atoms with Crippen molar-refractivity contribution in [1.82, 2.24) is 40.3 Å². The van der Waals surface area contributed by atoms with Crippen molar-refractivity contribution in [3.8, 4) is 16.2 Å². The zero-order valence-corrected chi connectivity index (χ0v) is 47.8. The van der Waals surface area contributed by atoms with Crippen molar-refractivity contribution in [1.29, 1.82) is 0 Å². The fourth-order valence-electron chi connectivity index (χ4n) is 10.2. The highest BCUT2D eigenvalue weighted by Crippen LogP contribution is 2.36. The van der Waals surface area contributed by atoms with Crippen LogP contribution in [0.3, 0.4) is 0 Å². The highest BCUT2D eigenvalue weighted by Gasteiger charge is 2.44. The fraction of sp³-hybridized carbons (Fsp3) is 0.482. The van der Waals surface area contributed by atoms with Crippen LogP contribution in [-0.4, -0.2) is 149 Å². The predicted octanol–water partition coefficient (Wildman–Crippen LogP) is 7.33. The zero-order chi connectivity index (χ0) is 55.9. The molecule has 0 spiro atoms. The Morgan fingerprint density at radius 1 is 0.910 bits per heavy atom. The summed E-state index contributed by atoms with van der Waals surface area (Å²) in [6, 6.07) is 18.9. The molecule has 78 heavy (non-hydrogen) atoms. The molecule has 5 aromatic rings. The van der Waals surface area contributed by atoms with Crippen LogP contribution in [0.15, 0.2) is 83.3 Å². The van der Waals surface area contributed by atoms with Gasteiger partial charge in [-0.05, 0) is 80.8 Å². The molecule has 19 nitrogen and oxygen atoms in total. The number of benzene rings is 3. The van der Waals surface area contributed by atoms with E-state index in [4.69, 9.17) is 16.3 Å². The number of piperidine rings is 1. The summed E-state index contributed by atoms with van der Waals surface area (Å²) in [6.07, 6.45) is 3.15. The van der Waals surface area contributed by atoms with Crippen LogP contribution in [0.25, 0.3) is 10.4 Å². The maximum absolute atomic E-state index is 14.1. The molecule has 3 aliphatic rings. The number of halogens is 1. The summed E-state index contributed by atoms with van der Waals surface area (Å²) in [5.41, 5.74) is 6.01. The van der Waals surface area contributed by atoms with Gasteiger partial charge in [-0.15, -0.1) is 11.3 Å². The number of aromatic nitrogens is 3. The number of piperazine rings is 1. The van der Waals surface area contributed by atoms with Crippen LogP contribution in [0.1, 0.15) is 84.4 Å². The summed E-state index contributed by atoms with van der Waals surface area (Å²) in [7, 11) is -1.99. The first kappa shape index (κ1) is 57.8. The number of sulfone groups is 1. The van der Waals surface area contributed by atoms with Crippen LogP contribution in [0.2, 0.25) is 5.02 Å². The Morgan fingerprint density at radius 2 is 1.63 bits per heavy atom. The van der Waals surface area contributed by atoms with Crippen LogP contribution < -0.4 is 30.9 Å². The van der Waals surface area contributed by atoms with Gasteiger partial charge in [-0.2, -0.15) is 4.98 Å².